The molecular weight excluding hydrogens is 148 g/mol. The predicted octanol–water partition coefficient (Wildman–Crippen LogP) is 2.76. The standard InChI is InChI=1S/C11H14O/c1-4-10-7-8(2)5-6-11(10)9(3)12/h5-7H,4H2,1-3H3. The molecule has 0 saturated carbocycles. The summed E-state index contributed by atoms with van der Waals surface area (Å²) >= 11 is 0. The third-order valence-corrected chi connectivity index (χ3v) is 2.02. The number of hydrogen-bond acceptors (Lipinski definition) is 1. The van der Waals surface area contributed by atoms with E-state index < -0.39 is 0 Å². The SMILES string of the molecule is CCc1cc(C)ccc1C(C)=O. The molecule has 0 spiro atoms. The molecule has 0 N–H and O–H groups in total. The monoisotopic (exact) mass is 162 g/mol. The third-order valence-electron chi connectivity index (χ3n) is 2.02. The number of aryl methyl sites for hydroxylation is 2. The van der Waals surface area contributed by atoms with Gasteiger partial charge in [0, 0.05) is 5.56 Å². The van der Waals surface area contributed by atoms with Gasteiger partial charge >= 0.3 is 0 Å². The van der Waals surface area contributed by atoms with Gasteiger partial charge in [-0.05, 0) is 25.8 Å². The van der Waals surface area contributed by atoms with Gasteiger partial charge in [-0.3, -0.25) is 4.79 Å². The molecule has 1 rings (SSSR count). The van der Waals surface area contributed by atoms with E-state index in [0.29, 0.717) is 0 Å². The molecule has 12 heavy (non-hydrogen) atoms. The second kappa shape index (κ2) is 3.53. The van der Waals surface area contributed by atoms with Crippen LogP contribution in [0.3, 0.4) is 0 Å². The van der Waals surface area contributed by atoms with Crippen LogP contribution in [0.1, 0.15) is 35.3 Å². The van der Waals surface area contributed by atoms with Gasteiger partial charge in [0.05, 0.1) is 0 Å². The maximum Gasteiger partial charge on any atom is 0.160 e. The zero-order valence-electron chi connectivity index (χ0n) is 7.85. The third kappa shape index (κ3) is 1.73. The highest BCUT2D eigenvalue weighted by atomic mass is 16.1. The van der Waals surface area contributed by atoms with E-state index in [0.717, 1.165) is 17.5 Å². The van der Waals surface area contributed by atoms with Crippen LogP contribution in [0.25, 0.3) is 0 Å². The fraction of sp³-hybridized carbons (Fsp3) is 0.364. The van der Waals surface area contributed by atoms with Crippen molar-refractivity contribution in [1.29, 1.82) is 0 Å². The molecule has 0 aliphatic heterocycles. The van der Waals surface area contributed by atoms with Crippen molar-refractivity contribution < 1.29 is 4.79 Å². The van der Waals surface area contributed by atoms with Crippen molar-refractivity contribution in [3.8, 4) is 0 Å². The smallest absolute Gasteiger partial charge is 0.160 e. The lowest BCUT2D eigenvalue weighted by atomic mass is 10.00. The number of benzene rings is 1. The summed E-state index contributed by atoms with van der Waals surface area (Å²) in [6, 6.07) is 5.98. The van der Waals surface area contributed by atoms with Gasteiger partial charge in [-0.2, -0.15) is 0 Å². The zero-order chi connectivity index (χ0) is 9.14. The maximum absolute atomic E-state index is 11.1. The Kier molecular flexibility index (Phi) is 2.64. The first-order valence-corrected chi connectivity index (χ1v) is 4.25. The number of carbonyl (C=O) groups is 1. The number of carbonyl (C=O) groups excluding carboxylic acids is 1. The molecule has 0 radical (unpaired) electrons. The Morgan fingerprint density at radius 2 is 2.08 bits per heavy atom. The summed E-state index contributed by atoms with van der Waals surface area (Å²) in [4.78, 5) is 11.1. The van der Waals surface area contributed by atoms with Gasteiger partial charge in [0.1, 0.15) is 0 Å². The molecule has 0 saturated heterocycles. The molecule has 1 aromatic rings. The lowest BCUT2D eigenvalue weighted by Crippen LogP contribution is -1.98. The lowest BCUT2D eigenvalue weighted by molar-refractivity contribution is 0.101. The maximum atomic E-state index is 11.1. The van der Waals surface area contributed by atoms with E-state index in [1.807, 2.05) is 19.1 Å². The lowest BCUT2D eigenvalue weighted by Gasteiger charge is -2.04. The Bertz CT molecular complexity index is 300. The Hall–Kier alpha value is -1.11. The average Bonchev–Trinajstić information content (AvgIpc) is 2.03. The molecule has 64 valence electrons. The van der Waals surface area contributed by atoms with Crippen LogP contribution in [0.15, 0.2) is 18.2 Å². The first-order valence-electron chi connectivity index (χ1n) is 4.25. The minimum atomic E-state index is 0.159. The molecule has 1 heteroatoms. The Labute approximate surface area is 73.4 Å². The van der Waals surface area contributed by atoms with Gasteiger partial charge in [-0.15, -0.1) is 0 Å². The molecule has 1 nitrogen and oxygen atoms in total. The van der Waals surface area contributed by atoms with Crippen LogP contribution in [0.4, 0.5) is 0 Å². The fourth-order valence-corrected chi connectivity index (χ4v) is 1.36. The van der Waals surface area contributed by atoms with Crippen molar-refractivity contribution in [2.45, 2.75) is 27.2 Å². The molecule has 0 fully saturated rings. The summed E-state index contributed by atoms with van der Waals surface area (Å²) in [5.74, 6) is 0.159. The van der Waals surface area contributed by atoms with Crippen LogP contribution >= 0.6 is 0 Å². The van der Waals surface area contributed by atoms with Crippen LogP contribution < -0.4 is 0 Å². The van der Waals surface area contributed by atoms with Gasteiger partial charge in [0.25, 0.3) is 0 Å². The highest BCUT2D eigenvalue weighted by Crippen LogP contribution is 2.12. The average molecular weight is 162 g/mol. The Balaban J connectivity index is 3.20. The molecule has 0 aromatic heterocycles. The number of Topliss-reactive ketones (excluding diaryl/α,β-unsaturated/α-hetero) is 1. The topological polar surface area (TPSA) is 17.1 Å². The number of hydrogen-bond donors (Lipinski definition) is 0. The molecule has 0 heterocycles. The second-order valence-corrected chi connectivity index (χ2v) is 3.07. The molecule has 0 aliphatic carbocycles. The number of rotatable bonds is 2. The normalized spacial score (nSPS) is 9.92. The van der Waals surface area contributed by atoms with E-state index in [9.17, 15) is 4.79 Å². The summed E-state index contributed by atoms with van der Waals surface area (Å²) in [6.07, 6.45) is 0.927. The summed E-state index contributed by atoms with van der Waals surface area (Å²) in [5, 5.41) is 0. The highest BCUT2D eigenvalue weighted by molar-refractivity contribution is 5.95. The van der Waals surface area contributed by atoms with E-state index >= 15 is 0 Å². The molecular formula is C11H14O. The van der Waals surface area contributed by atoms with Crippen LogP contribution in [0.2, 0.25) is 0 Å². The van der Waals surface area contributed by atoms with Crippen molar-refractivity contribution in [3.63, 3.8) is 0 Å². The van der Waals surface area contributed by atoms with Crippen LogP contribution in [-0.4, -0.2) is 5.78 Å². The van der Waals surface area contributed by atoms with E-state index in [2.05, 4.69) is 13.0 Å². The fourth-order valence-electron chi connectivity index (χ4n) is 1.36. The number of ketones is 1. The minimum absolute atomic E-state index is 0.159. The molecule has 0 atom stereocenters. The van der Waals surface area contributed by atoms with Crippen molar-refractivity contribution in [3.05, 3.63) is 34.9 Å². The van der Waals surface area contributed by atoms with E-state index in [-0.39, 0.29) is 5.78 Å². The van der Waals surface area contributed by atoms with E-state index in [1.165, 1.54) is 5.56 Å². The van der Waals surface area contributed by atoms with Gasteiger partial charge in [0.15, 0.2) is 5.78 Å². The van der Waals surface area contributed by atoms with Crippen molar-refractivity contribution >= 4 is 5.78 Å². The summed E-state index contributed by atoms with van der Waals surface area (Å²) in [7, 11) is 0. The quantitative estimate of drug-likeness (QED) is 0.611. The van der Waals surface area contributed by atoms with Crippen molar-refractivity contribution in [2.75, 3.05) is 0 Å². The zero-order valence-corrected chi connectivity index (χ0v) is 7.85. The summed E-state index contributed by atoms with van der Waals surface area (Å²) in [6.45, 7) is 5.73. The first-order chi connectivity index (χ1) is 5.65. The summed E-state index contributed by atoms with van der Waals surface area (Å²) < 4.78 is 0. The minimum Gasteiger partial charge on any atom is -0.295 e. The van der Waals surface area contributed by atoms with Gasteiger partial charge in [-0.25, -0.2) is 0 Å². The predicted molar refractivity (Wildman–Crippen MR) is 50.6 cm³/mol. The largest absolute Gasteiger partial charge is 0.295 e. The van der Waals surface area contributed by atoms with Gasteiger partial charge < -0.3 is 0 Å². The molecule has 0 unspecified atom stereocenters. The highest BCUT2D eigenvalue weighted by Gasteiger charge is 2.04. The summed E-state index contributed by atoms with van der Waals surface area (Å²) in [5.41, 5.74) is 3.24. The van der Waals surface area contributed by atoms with Crippen molar-refractivity contribution in [1.82, 2.24) is 0 Å². The Morgan fingerprint density at radius 3 is 2.58 bits per heavy atom. The van der Waals surface area contributed by atoms with Crippen molar-refractivity contribution in [2.24, 2.45) is 0 Å². The molecule has 0 aliphatic rings. The van der Waals surface area contributed by atoms with Crippen LogP contribution in [-0.2, 0) is 6.42 Å². The van der Waals surface area contributed by atoms with Gasteiger partial charge in [0.2, 0.25) is 0 Å². The first kappa shape index (κ1) is 8.98. The van der Waals surface area contributed by atoms with E-state index in [4.69, 9.17) is 0 Å². The Morgan fingerprint density at radius 1 is 1.42 bits per heavy atom. The van der Waals surface area contributed by atoms with Crippen LogP contribution in [0.5, 0.6) is 0 Å². The second-order valence-electron chi connectivity index (χ2n) is 3.07. The van der Waals surface area contributed by atoms with Gasteiger partial charge in [-0.1, -0.05) is 30.7 Å². The molecule has 0 bridgehead atoms. The van der Waals surface area contributed by atoms with E-state index in [1.54, 1.807) is 6.92 Å². The molecule has 0 amide bonds. The van der Waals surface area contributed by atoms with Crippen LogP contribution in [0, 0.1) is 6.92 Å². The molecule has 1 aromatic carbocycles.